The van der Waals surface area contributed by atoms with E-state index in [0.29, 0.717) is 48.5 Å². The highest BCUT2D eigenvalue weighted by Crippen LogP contribution is 2.45. The second kappa shape index (κ2) is 7.08. The molecule has 1 saturated heterocycles. The molecule has 2 aromatic carbocycles. The van der Waals surface area contributed by atoms with Crippen LogP contribution >= 0.6 is 0 Å². The van der Waals surface area contributed by atoms with Gasteiger partial charge in [0.05, 0.1) is 11.8 Å². The monoisotopic (exact) mass is 453 g/mol. The van der Waals surface area contributed by atoms with Gasteiger partial charge in [-0.2, -0.15) is 0 Å². The van der Waals surface area contributed by atoms with Gasteiger partial charge >= 0.3 is 0 Å². The van der Waals surface area contributed by atoms with Crippen molar-refractivity contribution in [2.24, 2.45) is 0 Å². The Morgan fingerprint density at radius 2 is 1.84 bits per heavy atom. The molecule has 0 radical (unpaired) electrons. The average Bonchev–Trinajstić information content (AvgIpc) is 3.12. The number of rotatable bonds is 3. The van der Waals surface area contributed by atoms with Crippen molar-refractivity contribution in [1.29, 1.82) is 0 Å². The summed E-state index contributed by atoms with van der Waals surface area (Å²) < 4.78 is 31.2. The Morgan fingerprint density at radius 3 is 2.53 bits per heavy atom. The van der Waals surface area contributed by atoms with Crippen LogP contribution in [-0.4, -0.2) is 48.9 Å². The molecule has 2 heterocycles. The van der Waals surface area contributed by atoms with Gasteiger partial charge in [-0.25, -0.2) is 12.7 Å². The predicted octanol–water partition coefficient (Wildman–Crippen LogP) is 3.42. The SMILES string of the molecule is CC1(C)c2cc(OC3CCN(S(C)(=O)=O)CC3)ccc2C(=O)c2c1[nH]c1cc(N)ccc21. The van der Waals surface area contributed by atoms with E-state index in [1.807, 2.05) is 36.4 Å². The van der Waals surface area contributed by atoms with Crippen molar-refractivity contribution in [1.82, 2.24) is 9.29 Å². The number of hydrogen-bond donors (Lipinski definition) is 2. The molecule has 0 unspecified atom stereocenters. The zero-order valence-corrected chi connectivity index (χ0v) is 19.3. The zero-order valence-electron chi connectivity index (χ0n) is 18.4. The fourth-order valence-electron chi connectivity index (χ4n) is 4.97. The topological polar surface area (TPSA) is 105 Å². The molecule has 3 N–H and O–H groups in total. The van der Waals surface area contributed by atoms with Crippen molar-refractivity contribution in [3.63, 3.8) is 0 Å². The number of anilines is 1. The highest BCUT2D eigenvalue weighted by Gasteiger charge is 2.40. The Kier molecular flexibility index (Phi) is 4.65. The van der Waals surface area contributed by atoms with Crippen LogP contribution < -0.4 is 10.5 Å². The number of carbonyl (C=O) groups excluding carboxylic acids is 1. The number of aromatic nitrogens is 1. The third-order valence-electron chi connectivity index (χ3n) is 6.76. The highest BCUT2D eigenvalue weighted by atomic mass is 32.2. The number of nitrogens with two attached hydrogens (primary N) is 1. The fourth-order valence-corrected chi connectivity index (χ4v) is 5.85. The van der Waals surface area contributed by atoms with Crippen molar-refractivity contribution in [3.05, 3.63) is 58.8 Å². The third kappa shape index (κ3) is 3.29. The molecule has 1 aliphatic heterocycles. The Labute approximate surface area is 187 Å². The molecule has 0 spiro atoms. The maximum atomic E-state index is 13.4. The van der Waals surface area contributed by atoms with E-state index in [1.54, 1.807) is 0 Å². The summed E-state index contributed by atoms with van der Waals surface area (Å²) in [7, 11) is -3.17. The van der Waals surface area contributed by atoms with Crippen LogP contribution in [0.5, 0.6) is 5.75 Å². The van der Waals surface area contributed by atoms with Crippen LogP contribution in [0.15, 0.2) is 36.4 Å². The summed E-state index contributed by atoms with van der Waals surface area (Å²) in [6.07, 6.45) is 2.46. The first kappa shape index (κ1) is 21.0. The maximum absolute atomic E-state index is 13.4. The largest absolute Gasteiger partial charge is 0.490 e. The number of piperidine rings is 1. The van der Waals surface area contributed by atoms with E-state index in [9.17, 15) is 13.2 Å². The lowest BCUT2D eigenvalue weighted by Crippen LogP contribution is -2.41. The lowest BCUT2D eigenvalue weighted by atomic mass is 9.71. The molecule has 5 rings (SSSR count). The summed E-state index contributed by atoms with van der Waals surface area (Å²) in [4.78, 5) is 16.9. The van der Waals surface area contributed by atoms with Crippen LogP contribution in [0.4, 0.5) is 5.69 Å². The van der Waals surface area contributed by atoms with E-state index in [1.165, 1.54) is 10.6 Å². The zero-order chi connectivity index (χ0) is 22.8. The number of nitrogens with one attached hydrogen (secondary N) is 1. The van der Waals surface area contributed by atoms with Crippen LogP contribution in [0.2, 0.25) is 0 Å². The Hall–Kier alpha value is -2.84. The van der Waals surface area contributed by atoms with Crippen LogP contribution in [0, 0.1) is 0 Å². The number of aromatic amines is 1. The van der Waals surface area contributed by atoms with Crippen LogP contribution in [-0.2, 0) is 15.4 Å². The first-order chi connectivity index (χ1) is 15.1. The van der Waals surface area contributed by atoms with Gasteiger partial charge in [-0.05, 0) is 48.7 Å². The molecule has 32 heavy (non-hydrogen) atoms. The van der Waals surface area contributed by atoms with Gasteiger partial charge in [0.2, 0.25) is 10.0 Å². The van der Waals surface area contributed by atoms with Crippen LogP contribution in [0.25, 0.3) is 10.9 Å². The molecule has 1 aliphatic carbocycles. The van der Waals surface area contributed by atoms with Crippen molar-refractivity contribution < 1.29 is 17.9 Å². The molecule has 0 saturated carbocycles. The van der Waals surface area contributed by atoms with E-state index >= 15 is 0 Å². The summed E-state index contributed by atoms with van der Waals surface area (Å²) in [5, 5.41) is 0.885. The summed E-state index contributed by atoms with van der Waals surface area (Å²) in [6.45, 7) is 5.12. The minimum absolute atomic E-state index is 0.00152. The lowest BCUT2D eigenvalue weighted by Gasteiger charge is -2.33. The molecule has 8 heteroatoms. The Bertz CT molecular complexity index is 1350. The number of hydrogen-bond acceptors (Lipinski definition) is 5. The number of sulfonamides is 1. The quantitative estimate of drug-likeness (QED) is 0.591. The second-order valence-corrected chi connectivity index (χ2v) is 11.3. The van der Waals surface area contributed by atoms with Crippen molar-refractivity contribution in [3.8, 4) is 5.75 Å². The van der Waals surface area contributed by atoms with Gasteiger partial charge in [-0.15, -0.1) is 0 Å². The van der Waals surface area contributed by atoms with E-state index < -0.39 is 15.4 Å². The molecule has 2 aliphatic rings. The van der Waals surface area contributed by atoms with Gasteiger partial charge in [-0.3, -0.25) is 4.79 Å². The van der Waals surface area contributed by atoms with E-state index in [4.69, 9.17) is 10.5 Å². The Morgan fingerprint density at radius 1 is 1.12 bits per heavy atom. The van der Waals surface area contributed by atoms with Gasteiger partial charge < -0.3 is 15.5 Å². The highest BCUT2D eigenvalue weighted by molar-refractivity contribution is 7.88. The number of benzene rings is 2. The van der Waals surface area contributed by atoms with Crippen LogP contribution in [0.1, 0.15) is 53.9 Å². The van der Waals surface area contributed by atoms with Gasteiger partial charge in [0.25, 0.3) is 0 Å². The number of fused-ring (bicyclic) bond motifs is 4. The first-order valence-corrected chi connectivity index (χ1v) is 12.6. The van der Waals surface area contributed by atoms with Crippen LogP contribution in [0.3, 0.4) is 0 Å². The normalized spacial score (nSPS) is 19.0. The molecule has 0 bridgehead atoms. The second-order valence-electron chi connectivity index (χ2n) is 9.32. The predicted molar refractivity (Wildman–Crippen MR) is 125 cm³/mol. The van der Waals surface area contributed by atoms with Gasteiger partial charge in [0, 0.05) is 46.4 Å². The average molecular weight is 454 g/mol. The number of H-pyrrole nitrogens is 1. The number of ether oxygens (including phenoxy) is 1. The van der Waals surface area contributed by atoms with Crippen molar-refractivity contribution in [2.75, 3.05) is 25.1 Å². The summed E-state index contributed by atoms with van der Waals surface area (Å²) in [5.41, 5.74) is 10.2. The maximum Gasteiger partial charge on any atom is 0.211 e. The van der Waals surface area contributed by atoms with Crippen molar-refractivity contribution >= 4 is 32.4 Å². The van der Waals surface area contributed by atoms with Gasteiger partial charge in [-0.1, -0.05) is 19.9 Å². The molecule has 7 nitrogen and oxygen atoms in total. The third-order valence-corrected chi connectivity index (χ3v) is 8.06. The minimum atomic E-state index is -3.17. The molecular weight excluding hydrogens is 426 g/mol. The van der Waals surface area contributed by atoms with Crippen molar-refractivity contribution in [2.45, 2.75) is 38.2 Å². The molecule has 1 aromatic heterocycles. The summed E-state index contributed by atoms with van der Waals surface area (Å²) >= 11 is 0. The van der Waals surface area contributed by atoms with E-state index in [0.717, 1.165) is 22.2 Å². The smallest absolute Gasteiger partial charge is 0.211 e. The lowest BCUT2D eigenvalue weighted by molar-refractivity contribution is 0.103. The van der Waals surface area contributed by atoms with Gasteiger partial charge in [0.15, 0.2) is 5.78 Å². The molecule has 3 aromatic rings. The Balaban J connectivity index is 1.47. The fraction of sp³-hybridized carbons (Fsp3) is 0.375. The molecule has 0 atom stereocenters. The standard InChI is InChI=1S/C24H27N3O4S/c1-24(2)19-13-16(31-15-8-10-27(11-9-15)32(3,29)30)5-7-17(19)22(28)21-18-6-4-14(25)12-20(18)26-23(21)24/h4-7,12-13,15,26H,8-11,25H2,1-3H3. The molecular formula is C24H27N3O4S. The van der Waals surface area contributed by atoms with E-state index in [-0.39, 0.29) is 11.9 Å². The number of ketones is 1. The molecule has 168 valence electrons. The molecule has 0 amide bonds. The summed E-state index contributed by atoms with van der Waals surface area (Å²) in [6, 6.07) is 11.2. The van der Waals surface area contributed by atoms with E-state index in [2.05, 4.69) is 18.8 Å². The number of carbonyl (C=O) groups is 1. The first-order valence-electron chi connectivity index (χ1n) is 10.8. The summed E-state index contributed by atoms with van der Waals surface area (Å²) in [5.74, 6) is 0.699. The minimum Gasteiger partial charge on any atom is -0.490 e. The number of nitrogens with zero attached hydrogens (tertiary/aromatic N) is 1. The molecule has 1 fully saturated rings. The number of nitrogen functional groups attached to an aromatic ring is 1. The van der Waals surface area contributed by atoms with Gasteiger partial charge in [0.1, 0.15) is 11.9 Å².